The molecule has 0 N–H and O–H groups in total. The average Bonchev–Trinajstić information content (AvgIpc) is 2.67. The maximum absolute atomic E-state index is 12.0. The van der Waals surface area contributed by atoms with Gasteiger partial charge in [0, 0.05) is 18.1 Å². The van der Waals surface area contributed by atoms with Crippen molar-refractivity contribution in [2.24, 2.45) is 0 Å². The number of hydrogen-bond donors (Lipinski definition) is 0. The first kappa shape index (κ1) is 14.8. The largest absolute Gasteiger partial charge is 0.466 e. The van der Waals surface area contributed by atoms with Gasteiger partial charge in [0.1, 0.15) is 0 Å². The van der Waals surface area contributed by atoms with Crippen LogP contribution in [0.1, 0.15) is 46.0 Å². The summed E-state index contributed by atoms with van der Waals surface area (Å²) in [6.45, 7) is 7.90. The van der Waals surface area contributed by atoms with Gasteiger partial charge in [0.25, 0.3) is 0 Å². The van der Waals surface area contributed by atoms with Gasteiger partial charge in [-0.25, -0.2) is 0 Å². The van der Waals surface area contributed by atoms with Gasteiger partial charge in [-0.1, -0.05) is 6.42 Å². The number of rotatable bonds is 4. The third-order valence-corrected chi connectivity index (χ3v) is 4.78. The SMILES string of the molecule is CCOC(=O)CC1(N2CCCCC2)CC(C)N(C)C1. The summed E-state index contributed by atoms with van der Waals surface area (Å²) >= 11 is 0. The van der Waals surface area contributed by atoms with Crippen LogP contribution in [0.25, 0.3) is 0 Å². The number of esters is 1. The molecule has 2 aliphatic rings. The zero-order valence-electron chi connectivity index (χ0n) is 12.7. The van der Waals surface area contributed by atoms with Crippen molar-refractivity contribution in [3.05, 3.63) is 0 Å². The molecule has 110 valence electrons. The van der Waals surface area contributed by atoms with Gasteiger partial charge in [0.15, 0.2) is 0 Å². The minimum atomic E-state index is -0.0319. The predicted molar refractivity (Wildman–Crippen MR) is 76.1 cm³/mol. The Morgan fingerprint density at radius 2 is 2.00 bits per heavy atom. The molecule has 0 radical (unpaired) electrons. The van der Waals surface area contributed by atoms with Crippen LogP contribution >= 0.6 is 0 Å². The van der Waals surface area contributed by atoms with Crippen LogP contribution in [-0.2, 0) is 9.53 Å². The van der Waals surface area contributed by atoms with Crippen LogP contribution in [0.3, 0.4) is 0 Å². The van der Waals surface area contributed by atoms with Crippen LogP contribution < -0.4 is 0 Å². The van der Waals surface area contributed by atoms with Crippen LogP contribution in [0.5, 0.6) is 0 Å². The number of likely N-dealkylation sites (N-methyl/N-ethyl adjacent to an activating group) is 1. The van der Waals surface area contributed by atoms with E-state index in [1.165, 1.54) is 19.3 Å². The lowest BCUT2D eigenvalue weighted by Gasteiger charge is -2.43. The molecule has 0 aliphatic carbocycles. The van der Waals surface area contributed by atoms with Crippen LogP contribution in [0, 0.1) is 0 Å². The van der Waals surface area contributed by atoms with Gasteiger partial charge in [-0.2, -0.15) is 0 Å². The molecule has 19 heavy (non-hydrogen) atoms. The molecule has 0 amide bonds. The van der Waals surface area contributed by atoms with Gasteiger partial charge in [-0.15, -0.1) is 0 Å². The first-order chi connectivity index (χ1) is 9.07. The van der Waals surface area contributed by atoms with Gasteiger partial charge in [0.05, 0.1) is 13.0 Å². The number of carbonyl (C=O) groups is 1. The second-order valence-corrected chi connectivity index (χ2v) is 6.22. The van der Waals surface area contributed by atoms with Crippen LogP contribution in [0.2, 0.25) is 0 Å². The molecule has 2 atom stereocenters. The van der Waals surface area contributed by atoms with E-state index >= 15 is 0 Å². The third kappa shape index (κ3) is 3.29. The Balaban J connectivity index is 2.10. The quantitative estimate of drug-likeness (QED) is 0.729. The van der Waals surface area contributed by atoms with E-state index < -0.39 is 0 Å². The molecule has 0 saturated carbocycles. The summed E-state index contributed by atoms with van der Waals surface area (Å²) in [5.41, 5.74) is 0.0147. The summed E-state index contributed by atoms with van der Waals surface area (Å²) < 4.78 is 5.21. The fraction of sp³-hybridized carbons (Fsp3) is 0.933. The summed E-state index contributed by atoms with van der Waals surface area (Å²) in [5, 5.41) is 0. The Hall–Kier alpha value is -0.610. The first-order valence-electron chi connectivity index (χ1n) is 7.68. The van der Waals surface area contributed by atoms with E-state index in [1.807, 2.05) is 6.92 Å². The Labute approximate surface area is 117 Å². The molecule has 0 aromatic heterocycles. The molecule has 0 spiro atoms. The summed E-state index contributed by atoms with van der Waals surface area (Å²) in [7, 11) is 2.17. The van der Waals surface area contributed by atoms with E-state index in [1.54, 1.807) is 0 Å². The monoisotopic (exact) mass is 268 g/mol. The summed E-state index contributed by atoms with van der Waals surface area (Å²) in [6.07, 6.45) is 5.50. The molecular formula is C15H28N2O2. The first-order valence-corrected chi connectivity index (χ1v) is 7.68. The number of hydrogen-bond acceptors (Lipinski definition) is 4. The van der Waals surface area contributed by atoms with Crippen molar-refractivity contribution < 1.29 is 9.53 Å². The highest BCUT2D eigenvalue weighted by atomic mass is 16.5. The fourth-order valence-corrected chi connectivity index (χ4v) is 3.71. The van der Waals surface area contributed by atoms with Crippen molar-refractivity contribution in [2.75, 3.05) is 33.3 Å². The molecule has 2 fully saturated rings. The van der Waals surface area contributed by atoms with Crippen molar-refractivity contribution in [2.45, 2.75) is 57.5 Å². The Morgan fingerprint density at radius 1 is 1.32 bits per heavy atom. The third-order valence-electron chi connectivity index (χ3n) is 4.78. The molecule has 2 aliphatic heterocycles. The minimum absolute atomic E-state index is 0.0147. The van der Waals surface area contributed by atoms with Gasteiger partial charge >= 0.3 is 5.97 Å². The molecule has 4 heteroatoms. The number of likely N-dealkylation sites (tertiary alicyclic amines) is 2. The van der Waals surface area contributed by atoms with Gasteiger partial charge in [-0.3, -0.25) is 9.69 Å². The fourth-order valence-electron chi connectivity index (χ4n) is 3.71. The Morgan fingerprint density at radius 3 is 2.53 bits per heavy atom. The number of nitrogens with zero attached hydrogens (tertiary/aromatic N) is 2. The van der Waals surface area contributed by atoms with E-state index in [-0.39, 0.29) is 11.5 Å². The van der Waals surface area contributed by atoms with Crippen molar-refractivity contribution >= 4 is 5.97 Å². The van der Waals surface area contributed by atoms with E-state index in [2.05, 4.69) is 23.8 Å². The van der Waals surface area contributed by atoms with Crippen molar-refractivity contribution in [3.8, 4) is 0 Å². The highest BCUT2D eigenvalue weighted by molar-refractivity contribution is 5.71. The molecule has 2 saturated heterocycles. The van der Waals surface area contributed by atoms with Crippen LogP contribution in [0.4, 0.5) is 0 Å². The van der Waals surface area contributed by atoms with E-state index in [9.17, 15) is 4.79 Å². The van der Waals surface area contributed by atoms with E-state index in [0.29, 0.717) is 19.1 Å². The number of carbonyl (C=O) groups excluding carboxylic acids is 1. The highest BCUT2D eigenvalue weighted by Crippen LogP contribution is 2.36. The van der Waals surface area contributed by atoms with Crippen molar-refractivity contribution in [3.63, 3.8) is 0 Å². The molecular weight excluding hydrogens is 240 g/mol. The Kier molecular flexibility index (Phi) is 4.85. The molecule has 4 nitrogen and oxygen atoms in total. The second-order valence-electron chi connectivity index (χ2n) is 6.22. The van der Waals surface area contributed by atoms with Crippen molar-refractivity contribution in [1.29, 1.82) is 0 Å². The minimum Gasteiger partial charge on any atom is -0.466 e. The average molecular weight is 268 g/mol. The van der Waals surface area contributed by atoms with Crippen LogP contribution in [-0.4, -0.2) is 60.6 Å². The smallest absolute Gasteiger partial charge is 0.307 e. The highest BCUT2D eigenvalue weighted by Gasteiger charge is 2.46. The Bertz CT molecular complexity index is 303. The lowest BCUT2D eigenvalue weighted by molar-refractivity contribution is -0.146. The number of ether oxygens (including phenoxy) is 1. The predicted octanol–water partition coefficient (Wildman–Crippen LogP) is 1.89. The normalized spacial score (nSPS) is 33.5. The molecule has 0 aromatic carbocycles. The lowest BCUT2D eigenvalue weighted by Crippen LogP contribution is -2.53. The maximum Gasteiger partial charge on any atom is 0.307 e. The topological polar surface area (TPSA) is 32.8 Å². The molecule has 0 aromatic rings. The summed E-state index contributed by atoms with van der Waals surface area (Å²) in [5.74, 6) is -0.0319. The molecule has 2 heterocycles. The van der Waals surface area contributed by atoms with Gasteiger partial charge < -0.3 is 9.64 Å². The standard InChI is InChI=1S/C15H28N2O2/c1-4-19-14(18)11-15(10-13(2)16(3)12-15)17-8-6-5-7-9-17/h13H,4-12H2,1-3H3. The zero-order valence-corrected chi connectivity index (χ0v) is 12.7. The molecule has 0 bridgehead atoms. The lowest BCUT2D eigenvalue weighted by atomic mass is 9.88. The number of piperidine rings is 1. The van der Waals surface area contributed by atoms with E-state index in [4.69, 9.17) is 4.74 Å². The summed E-state index contributed by atoms with van der Waals surface area (Å²) in [6, 6.07) is 0.552. The van der Waals surface area contributed by atoms with Gasteiger partial charge in [0.2, 0.25) is 0 Å². The zero-order chi connectivity index (χ0) is 13.9. The summed E-state index contributed by atoms with van der Waals surface area (Å²) in [4.78, 5) is 16.9. The molecule has 2 rings (SSSR count). The van der Waals surface area contributed by atoms with Crippen molar-refractivity contribution in [1.82, 2.24) is 9.80 Å². The molecule has 2 unspecified atom stereocenters. The maximum atomic E-state index is 12.0. The van der Waals surface area contributed by atoms with Crippen LogP contribution in [0.15, 0.2) is 0 Å². The second kappa shape index (κ2) is 6.23. The van der Waals surface area contributed by atoms with E-state index in [0.717, 1.165) is 26.1 Å². The van der Waals surface area contributed by atoms with Gasteiger partial charge in [-0.05, 0) is 53.2 Å².